The van der Waals surface area contributed by atoms with Crippen molar-refractivity contribution in [3.8, 4) is 0 Å². The summed E-state index contributed by atoms with van der Waals surface area (Å²) in [6.45, 7) is 4.72. The van der Waals surface area contributed by atoms with E-state index in [1.807, 2.05) is 0 Å². The smallest absolute Gasteiger partial charge is 0.00952 e. The van der Waals surface area contributed by atoms with Gasteiger partial charge in [0, 0.05) is 17.3 Å². The lowest BCUT2D eigenvalue weighted by Crippen LogP contribution is -2.42. The molecule has 4 unspecified atom stereocenters. The summed E-state index contributed by atoms with van der Waals surface area (Å²) in [4.78, 5) is 0. The summed E-state index contributed by atoms with van der Waals surface area (Å²) in [7, 11) is 0. The van der Waals surface area contributed by atoms with Crippen molar-refractivity contribution >= 4 is 11.8 Å². The van der Waals surface area contributed by atoms with Crippen LogP contribution in [0.1, 0.15) is 58.8 Å². The van der Waals surface area contributed by atoms with Crippen LogP contribution < -0.4 is 5.32 Å². The van der Waals surface area contributed by atoms with E-state index < -0.39 is 0 Å². The minimum Gasteiger partial charge on any atom is -0.311 e. The van der Waals surface area contributed by atoms with Gasteiger partial charge < -0.3 is 5.32 Å². The van der Waals surface area contributed by atoms with Gasteiger partial charge in [-0.25, -0.2) is 0 Å². The molecule has 2 aliphatic rings. The van der Waals surface area contributed by atoms with Crippen LogP contribution in [0.3, 0.4) is 0 Å². The van der Waals surface area contributed by atoms with Gasteiger partial charge >= 0.3 is 0 Å². The Morgan fingerprint density at radius 2 is 1.94 bits per heavy atom. The van der Waals surface area contributed by atoms with Gasteiger partial charge in [0.15, 0.2) is 0 Å². The molecule has 0 spiro atoms. The van der Waals surface area contributed by atoms with E-state index >= 15 is 0 Å². The molecule has 2 saturated carbocycles. The quantitative estimate of drug-likeness (QED) is 0.803. The Labute approximate surface area is 105 Å². The average molecular weight is 241 g/mol. The Bertz CT molecular complexity index is 207. The molecule has 0 aromatic heterocycles. The molecule has 4 atom stereocenters. The molecule has 0 bridgehead atoms. The number of hydrogen-bond donors (Lipinski definition) is 1. The second kappa shape index (κ2) is 6.30. The largest absolute Gasteiger partial charge is 0.311 e. The minimum atomic E-state index is 0.823. The van der Waals surface area contributed by atoms with E-state index in [9.17, 15) is 0 Å². The first kappa shape index (κ1) is 12.8. The lowest BCUT2D eigenvalue weighted by atomic mass is 9.85. The van der Waals surface area contributed by atoms with Gasteiger partial charge in [-0.3, -0.25) is 0 Å². The summed E-state index contributed by atoms with van der Waals surface area (Å²) in [6.07, 6.45) is 10.0. The van der Waals surface area contributed by atoms with Gasteiger partial charge in [-0.2, -0.15) is 11.8 Å². The Morgan fingerprint density at radius 1 is 1.12 bits per heavy atom. The van der Waals surface area contributed by atoms with Crippen molar-refractivity contribution in [3.05, 3.63) is 0 Å². The fourth-order valence-electron chi connectivity index (χ4n) is 3.35. The first-order chi connectivity index (χ1) is 7.79. The lowest BCUT2D eigenvalue weighted by molar-refractivity contribution is 0.258. The van der Waals surface area contributed by atoms with Crippen LogP contribution in [0, 0.1) is 5.92 Å². The highest BCUT2D eigenvalue weighted by molar-refractivity contribution is 7.99. The molecule has 0 radical (unpaired) electrons. The Hall–Kier alpha value is 0.310. The fraction of sp³-hybridized carbons (Fsp3) is 1.00. The maximum absolute atomic E-state index is 3.94. The van der Waals surface area contributed by atoms with Crippen molar-refractivity contribution in [3.63, 3.8) is 0 Å². The van der Waals surface area contributed by atoms with Crippen LogP contribution in [0.15, 0.2) is 0 Å². The molecule has 0 saturated heterocycles. The third kappa shape index (κ3) is 3.40. The average Bonchev–Trinajstić information content (AvgIpc) is 2.70. The maximum atomic E-state index is 3.94. The van der Waals surface area contributed by atoms with Crippen molar-refractivity contribution in [2.75, 3.05) is 5.75 Å². The van der Waals surface area contributed by atoms with E-state index in [0.29, 0.717) is 0 Å². The van der Waals surface area contributed by atoms with Gasteiger partial charge in [0.1, 0.15) is 0 Å². The van der Waals surface area contributed by atoms with Gasteiger partial charge in [0.05, 0.1) is 0 Å². The van der Waals surface area contributed by atoms with E-state index in [1.54, 1.807) is 0 Å². The van der Waals surface area contributed by atoms with Crippen LogP contribution in [-0.4, -0.2) is 23.1 Å². The summed E-state index contributed by atoms with van der Waals surface area (Å²) in [5.41, 5.74) is 0. The summed E-state index contributed by atoms with van der Waals surface area (Å²) in [6, 6.07) is 1.65. The van der Waals surface area contributed by atoms with Crippen molar-refractivity contribution in [2.24, 2.45) is 5.92 Å². The molecule has 2 fully saturated rings. The number of hydrogen-bond acceptors (Lipinski definition) is 2. The molecule has 2 aliphatic carbocycles. The molecule has 2 rings (SSSR count). The van der Waals surface area contributed by atoms with E-state index in [0.717, 1.165) is 23.3 Å². The van der Waals surface area contributed by atoms with Gasteiger partial charge in [0.2, 0.25) is 0 Å². The van der Waals surface area contributed by atoms with Gasteiger partial charge in [0.25, 0.3) is 0 Å². The standard InChI is InChI=1S/C14H27NS/c1-3-16-13-9-8-12(10-13)15-14-7-5-4-6-11(14)2/h11-15H,3-10H2,1-2H3. The number of nitrogens with one attached hydrogen (secondary N) is 1. The zero-order valence-corrected chi connectivity index (χ0v) is 11.7. The molecule has 0 aliphatic heterocycles. The molecule has 94 valence electrons. The van der Waals surface area contributed by atoms with Crippen LogP contribution in [0.4, 0.5) is 0 Å². The van der Waals surface area contributed by atoms with Gasteiger partial charge in [-0.1, -0.05) is 26.7 Å². The molecule has 0 aromatic rings. The van der Waals surface area contributed by atoms with Crippen LogP contribution in [0.25, 0.3) is 0 Å². The highest BCUT2D eigenvalue weighted by Gasteiger charge is 2.29. The predicted octanol–water partition coefficient (Wildman–Crippen LogP) is 3.83. The Kier molecular flexibility index (Phi) is 5.02. The summed E-state index contributed by atoms with van der Waals surface area (Å²) >= 11 is 2.17. The van der Waals surface area contributed by atoms with Crippen molar-refractivity contribution in [2.45, 2.75) is 76.1 Å². The molecule has 0 heterocycles. The molecule has 1 N–H and O–H groups in total. The first-order valence-corrected chi connectivity index (χ1v) is 8.22. The highest BCUT2D eigenvalue weighted by atomic mass is 32.2. The zero-order chi connectivity index (χ0) is 11.4. The Morgan fingerprint density at radius 3 is 2.69 bits per heavy atom. The molecular weight excluding hydrogens is 214 g/mol. The Balaban J connectivity index is 1.73. The number of thioether (sulfide) groups is 1. The van der Waals surface area contributed by atoms with Crippen molar-refractivity contribution in [1.82, 2.24) is 5.32 Å². The third-order valence-electron chi connectivity index (χ3n) is 4.35. The van der Waals surface area contributed by atoms with Crippen LogP contribution in [0.5, 0.6) is 0 Å². The second-order valence-corrected chi connectivity index (χ2v) is 7.20. The molecular formula is C14H27NS. The fourth-order valence-corrected chi connectivity index (χ4v) is 4.49. The number of rotatable bonds is 4. The van der Waals surface area contributed by atoms with E-state index in [-0.39, 0.29) is 0 Å². The molecule has 0 amide bonds. The predicted molar refractivity (Wildman–Crippen MR) is 74.1 cm³/mol. The first-order valence-electron chi connectivity index (χ1n) is 7.17. The molecule has 1 nitrogen and oxygen atoms in total. The summed E-state index contributed by atoms with van der Waals surface area (Å²) in [5, 5.41) is 4.89. The lowest BCUT2D eigenvalue weighted by Gasteiger charge is -2.32. The van der Waals surface area contributed by atoms with Gasteiger partial charge in [-0.05, 0) is 43.8 Å². The minimum absolute atomic E-state index is 0.823. The van der Waals surface area contributed by atoms with Crippen LogP contribution in [-0.2, 0) is 0 Å². The molecule has 16 heavy (non-hydrogen) atoms. The van der Waals surface area contributed by atoms with Crippen molar-refractivity contribution < 1.29 is 0 Å². The summed E-state index contributed by atoms with van der Waals surface area (Å²) < 4.78 is 0. The molecule has 2 heteroatoms. The van der Waals surface area contributed by atoms with Crippen LogP contribution >= 0.6 is 11.8 Å². The highest BCUT2D eigenvalue weighted by Crippen LogP contribution is 2.32. The van der Waals surface area contributed by atoms with E-state index in [2.05, 4.69) is 30.9 Å². The third-order valence-corrected chi connectivity index (χ3v) is 5.58. The van der Waals surface area contributed by atoms with E-state index in [4.69, 9.17) is 0 Å². The zero-order valence-electron chi connectivity index (χ0n) is 10.9. The molecule has 0 aromatic carbocycles. The van der Waals surface area contributed by atoms with E-state index in [1.165, 1.54) is 50.7 Å². The topological polar surface area (TPSA) is 12.0 Å². The van der Waals surface area contributed by atoms with Gasteiger partial charge in [-0.15, -0.1) is 0 Å². The van der Waals surface area contributed by atoms with Crippen molar-refractivity contribution in [1.29, 1.82) is 0 Å². The second-order valence-electron chi connectivity index (χ2n) is 5.62. The monoisotopic (exact) mass is 241 g/mol. The normalized spacial score (nSPS) is 40.1. The summed E-state index contributed by atoms with van der Waals surface area (Å²) in [5.74, 6) is 2.20. The van der Waals surface area contributed by atoms with Crippen LogP contribution in [0.2, 0.25) is 0 Å². The maximum Gasteiger partial charge on any atom is 0.00952 e. The SMILES string of the molecule is CCSC1CCC(NC2CCCCC2C)C1.